The van der Waals surface area contributed by atoms with Crippen molar-refractivity contribution in [3.05, 3.63) is 82.9 Å². The van der Waals surface area contributed by atoms with Gasteiger partial charge in [-0.3, -0.25) is 9.52 Å². The molecule has 1 amide bonds. The Morgan fingerprint density at radius 1 is 0.949 bits per heavy atom. The average Bonchev–Trinajstić information content (AvgIpc) is 2.88. The van der Waals surface area contributed by atoms with E-state index in [0.717, 1.165) is 11.8 Å². The lowest BCUT2D eigenvalue weighted by Crippen LogP contribution is -2.43. The molecule has 0 unspecified atom stereocenters. The molecule has 0 saturated heterocycles. The lowest BCUT2D eigenvalue weighted by Gasteiger charge is -2.29. The van der Waals surface area contributed by atoms with Crippen molar-refractivity contribution in [3.8, 4) is 0 Å². The standard InChI is InChI=1S/C25H22ClF3N2O5S3/c26-19-6-9-20(10-7-19)38(33,34)14-13-37-23-4-2-1-3-22(23)30-39(35,36)21-8-5-17-11-12-31(16-18(17)15-21)24(32)25(27,28)29/h1-10,15,30H,11-14,16H2. The molecule has 0 atom stereocenters. The zero-order valence-corrected chi connectivity index (χ0v) is 23.3. The second kappa shape index (κ2) is 11.4. The third-order valence-electron chi connectivity index (χ3n) is 5.94. The summed E-state index contributed by atoms with van der Waals surface area (Å²) in [5.41, 5.74) is 1.20. The highest BCUT2D eigenvalue weighted by atomic mass is 35.5. The van der Waals surface area contributed by atoms with Crippen LogP contribution in [0.4, 0.5) is 18.9 Å². The summed E-state index contributed by atoms with van der Waals surface area (Å²) in [5, 5.41) is 0.413. The van der Waals surface area contributed by atoms with E-state index in [1.165, 1.54) is 48.5 Å². The number of halogens is 4. The van der Waals surface area contributed by atoms with Gasteiger partial charge in [0.15, 0.2) is 9.84 Å². The number of nitrogens with one attached hydrogen (secondary N) is 1. The number of hydrogen-bond donors (Lipinski definition) is 1. The van der Waals surface area contributed by atoms with Gasteiger partial charge < -0.3 is 4.90 Å². The summed E-state index contributed by atoms with van der Waals surface area (Å²) in [6, 6.07) is 16.4. The number of benzene rings is 3. The van der Waals surface area contributed by atoms with Crippen molar-refractivity contribution < 1.29 is 34.8 Å². The zero-order valence-electron chi connectivity index (χ0n) is 20.1. The van der Waals surface area contributed by atoms with Crippen molar-refractivity contribution in [2.24, 2.45) is 0 Å². The van der Waals surface area contributed by atoms with E-state index < -0.39 is 31.9 Å². The molecule has 0 spiro atoms. The summed E-state index contributed by atoms with van der Waals surface area (Å²) in [6.45, 7) is -0.473. The molecule has 0 aromatic heterocycles. The Morgan fingerprint density at radius 3 is 2.31 bits per heavy atom. The van der Waals surface area contributed by atoms with E-state index in [-0.39, 0.29) is 46.5 Å². The first-order valence-electron chi connectivity index (χ1n) is 11.5. The molecule has 0 fully saturated rings. The second-order valence-corrected chi connectivity index (χ2v) is 14.0. The molecule has 208 valence electrons. The van der Waals surface area contributed by atoms with Crippen LogP contribution in [0.2, 0.25) is 5.02 Å². The van der Waals surface area contributed by atoms with Crippen LogP contribution in [0.3, 0.4) is 0 Å². The van der Waals surface area contributed by atoms with Crippen molar-refractivity contribution in [1.29, 1.82) is 0 Å². The van der Waals surface area contributed by atoms with Gasteiger partial charge in [-0.15, -0.1) is 11.8 Å². The Balaban J connectivity index is 1.47. The topological polar surface area (TPSA) is 101 Å². The SMILES string of the molecule is O=C(N1CCc2ccc(S(=O)(=O)Nc3ccccc3SCCS(=O)(=O)c3ccc(Cl)cc3)cc2C1)C(F)(F)F. The summed E-state index contributed by atoms with van der Waals surface area (Å²) in [4.78, 5) is 12.8. The zero-order chi connectivity index (χ0) is 28.4. The lowest BCUT2D eigenvalue weighted by molar-refractivity contribution is -0.186. The number of thioether (sulfide) groups is 1. The summed E-state index contributed by atoms with van der Waals surface area (Å²) in [6.07, 6.45) is -4.85. The van der Waals surface area contributed by atoms with Crippen molar-refractivity contribution in [1.82, 2.24) is 4.90 Å². The largest absolute Gasteiger partial charge is 0.471 e. The summed E-state index contributed by atoms with van der Waals surface area (Å²) < 4.78 is 92.7. The number of fused-ring (bicyclic) bond motifs is 1. The van der Waals surface area contributed by atoms with Gasteiger partial charge in [0.05, 0.1) is 21.2 Å². The van der Waals surface area contributed by atoms with E-state index in [9.17, 15) is 34.8 Å². The number of sulfonamides is 1. The molecular formula is C25H22ClF3N2O5S3. The number of sulfone groups is 1. The van der Waals surface area contributed by atoms with Crippen LogP contribution >= 0.6 is 23.4 Å². The Bertz CT molecular complexity index is 1600. The summed E-state index contributed by atoms with van der Waals surface area (Å²) in [5.74, 6) is -2.02. The van der Waals surface area contributed by atoms with Gasteiger partial charge >= 0.3 is 12.1 Å². The fourth-order valence-electron chi connectivity index (χ4n) is 3.95. The Kier molecular flexibility index (Phi) is 8.55. The molecule has 1 aliphatic heterocycles. The van der Waals surface area contributed by atoms with Gasteiger partial charge in [0, 0.05) is 28.8 Å². The molecular weight excluding hydrogens is 597 g/mol. The number of nitrogens with zero attached hydrogens (tertiary/aromatic N) is 1. The van der Waals surface area contributed by atoms with Crippen molar-refractivity contribution in [2.75, 3.05) is 22.8 Å². The van der Waals surface area contributed by atoms with E-state index >= 15 is 0 Å². The van der Waals surface area contributed by atoms with Crippen molar-refractivity contribution >= 4 is 54.8 Å². The molecule has 0 aliphatic carbocycles. The summed E-state index contributed by atoms with van der Waals surface area (Å²) >= 11 is 6.97. The Morgan fingerprint density at radius 2 is 1.62 bits per heavy atom. The van der Waals surface area contributed by atoms with Crippen LogP contribution in [0, 0.1) is 0 Å². The molecule has 14 heteroatoms. The van der Waals surface area contributed by atoms with Gasteiger partial charge in [0.1, 0.15) is 0 Å². The van der Waals surface area contributed by atoms with Crippen LogP contribution in [0.15, 0.2) is 81.4 Å². The molecule has 3 aromatic rings. The minimum Gasteiger partial charge on any atom is -0.330 e. The lowest BCUT2D eigenvalue weighted by atomic mass is 10.00. The van der Waals surface area contributed by atoms with Crippen LogP contribution in [0.1, 0.15) is 11.1 Å². The quantitative estimate of drug-likeness (QED) is 0.350. The predicted molar refractivity (Wildman–Crippen MR) is 143 cm³/mol. The molecule has 4 rings (SSSR count). The van der Waals surface area contributed by atoms with E-state index in [1.807, 2.05) is 0 Å². The third-order valence-corrected chi connectivity index (χ3v) is 10.6. The minimum absolute atomic E-state index is 0.117. The highest BCUT2D eigenvalue weighted by Crippen LogP contribution is 2.31. The number of carbonyl (C=O) groups is 1. The maximum Gasteiger partial charge on any atom is 0.471 e. The number of para-hydroxylation sites is 1. The average molecular weight is 619 g/mol. The number of carbonyl (C=O) groups excluding carboxylic acids is 1. The van der Waals surface area contributed by atoms with Gasteiger partial charge in [-0.05, 0) is 66.1 Å². The highest BCUT2D eigenvalue weighted by molar-refractivity contribution is 8.01. The fourth-order valence-corrected chi connectivity index (χ4v) is 7.94. The maximum atomic E-state index is 13.2. The van der Waals surface area contributed by atoms with Gasteiger partial charge in [-0.25, -0.2) is 16.8 Å². The fraction of sp³-hybridized carbons (Fsp3) is 0.240. The first-order chi connectivity index (χ1) is 18.3. The monoisotopic (exact) mass is 618 g/mol. The normalized spacial score (nSPS) is 14.1. The van der Waals surface area contributed by atoms with Crippen molar-refractivity contribution in [3.63, 3.8) is 0 Å². The number of anilines is 1. The number of hydrogen-bond acceptors (Lipinski definition) is 6. The molecule has 39 heavy (non-hydrogen) atoms. The molecule has 0 saturated carbocycles. The van der Waals surface area contributed by atoms with E-state index in [4.69, 9.17) is 11.6 Å². The molecule has 7 nitrogen and oxygen atoms in total. The van der Waals surface area contributed by atoms with Crippen LogP contribution in [0.25, 0.3) is 0 Å². The van der Waals surface area contributed by atoms with Crippen molar-refractivity contribution in [2.45, 2.75) is 33.8 Å². The molecule has 1 heterocycles. The Hall–Kier alpha value is -2.74. The first-order valence-corrected chi connectivity index (χ1v) is 16.0. The smallest absolute Gasteiger partial charge is 0.330 e. The number of amides is 1. The molecule has 1 N–H and O–H groups in total. The number of rotatable bonds is 8. The third kappa shape index (κ3) is 7.07. The van der Waals surface area contributed by atoms with Gasteiger partial charge in [-0.1, -0.05) is 29.8 Å². The van der Waals surface area contributed by atoms with Gasteiger partial charge in [0.25, 0.3) is 10.0 Å². The van der Waals surface area contributed by atoms with Gasteiger partial charge in [0.2, 0.25) is 0 Å². The number of alkyl halides is 3. The molecule has 0 radical (unpaired) electrons. The van der Waals surface area contributed by atoms with Crippen LogP contribution < -0.4 is 4.72 Å². The molecule has 3 aromatic carbocycles. The minimum atomic E-state index is -5.02. The Labute approximate surface area is 233 Å². The van der Waals surface area contributed by atoms with E-state index in [1.54, 1.807) is 18.2 Å². The summed E-state index contributed by atoms with van der Waals surface area (Å²) in [7, 11) is -7.74. The highest BCUT2D eigenvalue weighted by Gasteiger charge is 2.43. The maximum absolute atomic E-state index is 13.2. The second-order valence-electron chi connectivity index (χ2n) is 8.63. The first kappa shape index (κ1) is 29.2. The van der Waals surface area contributed by atoms with E-state index in [2.05, 4.69) is 4.72 Å². The van der Waals surface area contributed by atoms with Crippen LogP contribution in [0.5, 0.6) is 0 Å². The molecule has 0 bridgehead atoms. The van der Waals surface area contributed by atoms with E-state index in [0.29, 0.717) is 25.9 Å². The van der Waals surface area contributed by atoms with Crippen LogP contribution in [-0.4, -0.2) is 51.9 Å². The molecule has 1 aliphatic rings. The van der Waals surface area contributed by atoms with Crippen LogP contribution in [-0.2, 0) is 37.6 Å². The predicted octanol–water partition coefficient (Wildman–Crippen LogP) is 5.15. The van der Waals surface area contributed by atoms with Gasteiger partial charge in [-0.2, -0.15) is 13.2 Å².